The molecular formula is C8H12N4O. The van der Waals surface area contributed by atoms with E-state index in [1.807, 2.05) is 0 Å². The van der Waals surface area contributed by atoms with Crippen molar-refractivity contribution >= 4 is 11.9 Å². The van der Waals surface area contributed by atoms with Crippen molar-refractivity contribution in [1.82, 2.24) is 14.9 Å². The predicted molar refractivity (Wildman–Crippen MR) is 47.8 cm³/mol. The lowest BCUT2D eigenvalue weighted by Crippen LogP contribution is -2.29. The molecule has 2 rings (SSSR count). The topological polar surface area (TPSA) is 72.9 Å². The van der Waals surface area contributed by atoms with E-state index in [9.17, 15) is 4.79 Å². The molecule has 1 aromatic rings. The zero-order chi connectivity index (χ0) is 9.26. The van der Waals surface area contributed by atoms with Gasteiger partial charge in [0.1, 0.15) is 6.54 Å². The minimum absolute atomic E-state index is 0.00667. The number of nitrogens with one attached hydrogen (secondary N) is 1. The van der Waals surface area contributed by atoms with Crippen LogP contribution in [0.5, 0.6) is 0 Å². The van der Waals surface area contributed by atoms with Crippen LogP contribution in [-0.4, -0.2) is 21.5 Å². The first-order chi connectivity index (χ1) is 6.25. The van der Waals surface area contributed by atoms with E-state index in [0.717, 1.165) is 12.8 Å². The maximum Gasteiger partial charge on any atom is 0.240 e. The molecule has 70 valence electrons. The van der Waals surface area contributed by atoms with Gasteiger partial charge in [-0.15, -0.1) is 0 Å². The number of carbonyl (C=O) groups excluding carboxylic acids is 1. The Morgan fingerprint density at radius 1 is 1.77 bits per heavy atom. The van der Waals surface area contributed by atoms with Crippen molar-refractivity contribution < 1.29 is 4.79 Å². The van der Waals surface area contributed by atoms with Gasteiger partial charge >= 0.3 is 0 Å². The van der Waals surface area contributed by atoms with Gasteiger partial charge in [0.15, 0.2) is 0 Å². The average molecular weight is 180 g/mol. The van der Waals surface area contributed by atoms with Crippen LogP contribution < -0.4 is 11.1 Å². The van der Waals surface area contributed by atoms with Crippen LogP contribution in [0.1, 0.15) is 12.8 Å². The summed E-state index contributed by atoms with van der Waals surface area (Å²) in [5.41, 5.74) is 5.51. The molecule has 0 saturated heterocycles. The van der Waals surface area contributed by atoms with E-state index < -0.39 is 0 Å². The number of nitrogen functional groups attached to an aromatic ring is 1. The summed E-state index contributed by atoms with van der Waals surface area (Å²) in [4.78, 5) is 15.1. The molecular weight excluding hydrogens is 168 g/mol. The molecule has 0 atom stereocenters. The molecule has 1 heterocycles. The summed E-state index contributed by atoms with van der Waals surface area (Å²) in [5, 5.41) is 2.88. The molecule has 1 aliphatic rings. The third kappa shape index (κ3) is 1.99. The summed E-state index contributed by atoms with van der Waals surface area (Å²) in [6.45, 7) is 0.266. The zero-order valence-electron chi connectivity index (χ0n) is 7.23. The van der Waals surface area contributed by atoms with E-state index in [0.29, 0.717) is 12.0 Å². The van der Waals surface area contributed by atoms with Crippen molar-refractivity contribution in [2.75, 3.05) is 5.73 Å². The van der Waals surface area contributed by atoms with E-state index in [1.165, 1.54) is 0 Å². The SMILES string of the molecule is Nc1nccn1CC(=O)NC1CC1. The minimum Gasteiger partial charge on any atom is -0.369 e. The number of aromatic nitrogens is 2. The number of nitrogens with two attached hydrogens (primary N) is 1. The maximum atomic E-state index is 11.3. The second kappa shape index (κ2) is 3.08. The molecule has 1 saturated carbocycles. The van der Waals surface area contributed by atoms with Gasteiger partial charge in [0, 0.05) is 18.4 Å². The lowest BCUT2D eigenvalue weighted by Gasteiger charge is -2.04. The molecule has 1 aromatic heterocycles. The Morgan fingerprint density at radius 3 is 3.08 bits per heavy atom. The molecule has 0 bridgehead atoms. The first-order valence-corrected chi connectivity index (χ1v) is 4.31. The molecule has 1 amide bonds. The quantitative estimate of drug-likeness (QED) is 0.673. The Labute approximate surface area is 75.9 Å². The van der Waals surface area contributed by atoms with Crippen LogP contribution in [-0.2, 0) is 11.3 Å². The second-order valence-electron chi connectivity index (χ2n) is 3.26. The van der Waals surface area contributed by atoms with Gasteiger partial charge in [-0.3, -0.25) is 4.79 Å². The second-order valence-corrected chi connectivity index (χ2v) is 3.26. The molecule has 13 heavy (non-hydrogen) atoms. The number of anilines is 1. The molecule has 0 unspecified atom stereocenters. The highest BCUT2D eigenvalue weighted by Gasteiger charge is 2.23. The molecule has 0 spiro atoms. The van der Waals surface area contributed by atoms with E-state index in [-0.39, 0.29) is 12.5 Å². The molecule has 1 aliphatic carbocycles. The van der Waals surface area contributed by atoms with Crippen LogP contribution in [0.3, 0.4) is 0 Å². The van der Waals surface area contributed by atoms with Gasteiger partial charge < -0.3 is 15.6 Å². The Hall–Kier alpha value is -1.52. The zero-order valence-corrected chi connectivity index (χ0v) is 7.23. The largest absolute Gasteiger partial charge is 0.369 e. The van der Waals surface area contributed by atoms with Gasteiger partial charge in [-0.25, -0.2) is 4.98 Å². The van der Waals surface area contributed by atoms with Crippen molar-refractivity contribution in [3.05, 3.63) is 12.4 Å². The van der Waals surface area contributed by atoms with Gasteiger partial charge in [-0.05, 0) is 12.8 Å². The van der Waals surface area contributed by atoms with E-state index >= 15 is 0 Å². The van der Waals surface area contributed by atoms with E-state index in [2.05, 4.69) is 10.3 Å². The Balaban J connectivity index is 1.89. The molecule has 0 aliphatic heterocycles. The lowest BCUT2D eigenvalue weighted by atomic mass is 10.5. The molecule has 0 aromatic carbocycles. The summed E-state index contributed by atoms with van der Waals surface area (Å²) >= 11 is 0. The minimum atomic E-state index is 0.00667. The number of imidazole rings is 1. The van der Waals surface area contributed by atoms with Crippen molar-refractivity contribution in [2.24, 2.45) is 0 Å². The maximum absolute atomic E-state index is 11.3. The number of nitrogens with zero attached hydrogens (tertiary/aromatic N) is 2. The van der Waals surface area contributed by atoms with Gasteiger partial charge in [-0.2, -0.15) is 0 Å². The van der Waals surface area contributed by atoms with E-state index in [4.69, 9.17) is 5.73 Å². The summed E-state index contributed by atoms with van der Waals surface area (Å²) in [5.74, 6) is 0.387. The number of rotatable bonds is 3. The van der Waals surface area contributed by atoms with E-state index in [1.54, 1.807) is 17.0 Å². The summed E-state index contributed by atoms with van der Waals surface area (Å²) in [6.07, 6.45) is 5.48. The Morgan fingerprint density at radius 2 is 2.54 bits per heavy atom. The standard InChI is InChI=1S/C8H12N4O/c9-8-10-3-4-12(8)5-7(13)11-6-1-2-6/h3-4,6H,1-2,5H2,(H2,9,10)(H,11,13). The van der Waals surface area contributed by atoms with Gasteiger partial charge in [0.05, 0.1) is 0 Å². The summed E-state index contributed by atoms with van der Waals surface area (Å²) in [6, 6.07) is 0.400. The molecule has 1 fully saturated rings. The molecule has 3 N–H and O–H groups in total. The third-order valence-corrected chi connectivity index (χ3v) is 2.00. The van der Waals surface area contributed by atoms with Crippen molar-refractivity contribution in [3.8, 4) is 0 Å². The monoisotopic (exact) mass is 180 g/mol. The van der Waals surface area contributed by atoms with Gasteiger partial charge in [-0.1, -0.05) is 0 Å². The number of hydrogen-bond donors (Lipinski definition) is 2. The highest BCUT2D eigenvalue weighted by atomic mass is 16.2. The highest BCUT2D eigenvalue weighted by molar-refractivity contribution is 5.76. The molecule has 5 nitrogen and oxygen atoms in total. The lowest BCUT2D eigenvalue weighted by molar-refractivity contribution is -0.121. The van der Waals surface area contributed by atoms with Crippen molar-refractivity contribution in [2.45, 2.75) is 25.4 Å². The van der Waals surface area contributed by atoms with Gasteiger partial charge in [0.2, 0.25) is 11.9 Å². The number of hydrogen-bond acceptors (Lipinski definition) is 3. The third-order valence-electron chi connectivity index (χ3n) is 2.00. The number of carbonyl (C=O) groups is 1. The van der Waals surface area contributed by atoms with Crippen molar-refractivity contribution in [1.29, 1.82) is 0 Å². The predicted octanol–water partition coefficient (Wildman–Crippen LogP) is -0.256. The van der Waals surface area contributed by atoms with Crippen molar-refractivity contribution in [3.63, 3.8) is 0 Å². The molecule has 5 heteroatoms. The Bertz CT molecular complexity index is 316. The van der Waals surface area contributed by atoms with Crippen LogP contribution in [0.15, 0.2) is 12.4 Å². The normalized spacial score (nSPS) is 15.7. The fraction of sp³-hybridized carbons (Fsp3) is 0.500. The fourth-order valence-electron chi connectivity index (χ4n) is 1.13. The van der Waals surface area contributed by atoms with Crippen LogP contribution in [0, 0.1) is 0 Å². The number of amides is 1. The van der Waals surface area contributed by atoms with Crippen LogP contribution in [0.25, 0.3) is 0 Å². The molecule has 0 radical (unpaired) electrons. The summed E-state index contributed by atoms with van der Waals surface area (Å²) in [7, 11) is 0. The van der Waals surface area contributed by atoms with Crippen LogP contribution in [0.4, 0.5) is 5.95 Å². The fourth-order valence-corrected chi connectivity index (χ4v) is 1.13. The van der Waals surface area contributed by atoms with Crippen LogP contribution in [0.2, 0.25) is 0 Å². The highest BCUT2D eigenvalue weighted by Crippen LogP contribution is 2.18. The van der Waals surface area contributed by atoms with Crippen LogP contribution >= 0.6 is 0 Å². The first-order valence-electron chi connectivity index (χ1n) is 4.31. The average Bonchev–Trinajstić information content (AvgIpc) is 2.79. The van der Waals surface area contributed by atoms with Gasteiger partial charge in [0.25, 0.3) is 0 Å². The summed E-state index contributed by atoms with van der Waals surface area (Å²) < 4.78 is 1.62. The Kier molecular flexibility index (Phi) is 1.92. The smallest absolute Gasteiger partial charge is 0.240 e. The first kappa shape index (κ1) is 8.10.